The van der Waals surface area contributed by atoms with Crippen molar-refractivity contribution in [2.24, 2.45) is 0 Å². The van der Waals surface area contributed by atoms with Gasteiger partial charge < -0.3 is 5.11 Å². The van der Waals surface area contributed by atoms with Crippen LogP contribution < -0.4 is 0 Å². The zero-order valence-electron chi connectivity index (χ0n) is 8.32. The maximum absolute atomic E-state index is 9.19. The Morgan fingerprint density at radius 3 is 2.00 bits per heavy atom. The van der Waals surface area contributed by atoms with E-state index in [1.165, 1.54) is 5.57 Å². The zero-order chi connectivity index (χ0) is 10.9. The Labute approximate surface area is 80.0 Å². The summed E-state index contributed by atoms with van der Waals surface area (Å²) in [7, 11) is -3.67. The smallest absolute Gasteiger partial charge is 0.261 e. The molecule has 0 atom stereocenters. The molecule has 0 saturated heterocycles. The van der Waals surface area contributed by atoms with E-state index in [1.807, 2.05) is 0 Å². The predicted molar refractivity (Wildman–Crippen MR) is 53.2 cm³/mol. The molecule has 0 aliphatic carbocycles. The second-order valence-electron chi connectivity index (χ2n) is 2.88. The molecule has 0 aromatic rings. The number of aliphatic hydroxyl groups excluding tert-OH is 1. The quantitative estimate of drug-likeness (QED) is 0.417. The van der Waals surface area contributed by atoms with E-state index in [1.54, 1.807) is 0 Å². The zero-order valence-corrected chi connectivity index (χ0v) is 9.13. The molecule has 0 fully saturated rings. The van der Waals surface area contributed by atoms with Crippen LogP contribution in [0.1, 0.15) is 26.7 Å². The van der Waals surface area contributed by atoms with Gasteiger partial charge >= 0.3 is 0 Å². The molecular weight excluding hydrogens is 192 g/mol. The second-order valence-corrected chi connectivity index (χ2v) is 4.35. The minimum Gasteiger partial charge on any atom is -0.396 e. The lowest BCUT2D eigenvalue weighted by atomic mass is 10.2. The maximum Gasteiger partial charge on any atom is 0.261 e. The number of allylic oxidation sites excluding steroid dienone is 2. The molecule has 0 radical (unpaired) electrons. The highest BCUT2D eigenvalue weighted by Crippen LogP contribution is 1.94. The summed E-state index contributed by atoms with van der Waals surface area (Å²) in [5.41, 5.74) is 1.33. The van der Waals surface area contributed by atoms with E-state index in [4.69, 9.17) is 9.66 Å². The topological polar surface area (TPSA) is 74.6 Å². The van der Waals surface area contributed by atoms with Crippen LogP contribution in [0.3, 0.4) is 0 Å². The first kappa shape index (κ1) is 15.1. The van der Waals surface area contributed by atoms with Crippen LogP contribution in [0.5, 0.6) is 0 Å². The molecule has 13 heavy (non-hydrogen) atoms. The van der Waals surface area contributed by atoms with E-state index < -0.39 is 10.1 Å². The Hall–Kier alpha value is -0.390. The average molecular weight is 210 g/mol. The molecule has 0 aromatic carbocycles. The summed E-state index contributed by atoms with van der Waals surface area (Å²) < 4.78 is 25.9. The largest absolute Gasteiger partial charge is 0.396 e. The molecule has 0 aromatic heterocycles. The van der Waals surface area contributed by atoms with Gasteiger partial charge in [0.15, 0.2) is 0 Å². The van der Waals surface area contributed by atoms with Crippen molar-refractivity contribution in [3.63, 3.8) is 0 Å². The summed E-state index contributed by atoms with van der Waals surface area (Å²) in [6, 6.07) is 0. The minimum atomic E-state index is -3.67. The SMILES string of the molecule is CC(C)=CCCCO.CS(=O)(=O)O. The van der Waals surface area contributed by atoms with Gasteiger partial charge in [-0.25, -0.2) is 0 Å². The Balaban J connectivity index is 0. The fourth-order valence-corrected chi connectivity index (χ4v) is 0.482. The van der Waals surface area contributed by atoms with Crippen LogP contribution >= 0.6 is 0 Å². The lowest BCUT2D eigenvalue weighted by molar-refractivity contribution is 0.289. The van der Waals surface area contributed by atoms with Gasteiger partial charge in [-0.05, 0) is 26.7 Å². The van der Waals surface area contributed by atoms with E-state index in [9.17, 15) is 8.42 Å². The van der Waals surface area contributed by atoms with Crippen molar-refractivity contribution in [1.82, 2.24) is 0 Å². The third kappa shape index (κ3) is 50.5. The highest BCUT2D eigenvalue weighted by molar-refractivity contribution is 7.85. The molecule has 0 spiro atoms. The van der Waals surface area contributed by atoms with Gasteiger partial charge in [-0.3, -0.25) is 4.55 Å². The van der Waals surface area contributed by atoms with E-state index in [2.05, 4.69) is 19.9 Å². The third-order valence-corrected chi connectivity index (χ3v) is 0.915. The maximum atomic E-state index is 9.19. The summed E-state index contributed by atoms with van der Waals surface area (Å²) in [6.45, 7) is 4.44. The molecule has 0 aliphatic heterocycles. The highest BCUT2D eigenvalue weighted by atomic mass is 32.2. The van der Waals surface area contributed by atoms with Gasteiger partial charge in [0, 0.05) is 6.61 Å². The van der Waals surface area contributed by atoms with Crippen molar-refractivity contribution in [3.05, 3.63) is 11.6 Å². The molecule has 4 nitrogen and oxygen atoms in total. The van der Waals surface area contributed by atoms with Gasteiger partial charge in [0.1, 0.15) is 0 Å². The van der Waals surface area contributed by atoms with Gasteiger partial charge in [0.25, 0.3) is 10.1 Å². The Morgan fingerprint density at radius 1 is 1.38 bits per heavy atom. The van der Waals surface area contributed by atoms with Gasteiger partial charge in [-0.15, -0.1) is 0 Å². The Kier molecular flexibility index (Phi) is 9.55. The van der Waals surface area contributed by atoms with Crippen molar-refractivity contribution in [1.29, 1.82) is 0 Å². The number of rotatable bonds is 3. The molecule has 0 amide bonds. The summed E-state index contributed by atoms with van der Waals surface area (Å²) in [5, 5.41) is 8.35. The van der Waals surface area contributed by atoms with Gasteiger partial charge in [0.05, 0.1) is 6.26 Å². The Bertz CT molecular complexity index is 217. The van der Waals surface area contributed by atoms with E-state index in [0.717, 1.165) is 12.8 Å². The fourth-order valence-electron chi connectivity index (χ4n) is 0.482. The molecule has 0 aliphatic rings. The molecule has 80 valence electrons. The number of hydrogen-bond acceptors (Lipinski definition) is 3. The lowest BCUT2D eigenvalue weighted by Crippen LogP contribution is -1.88. The predicted octanol–water partition coefficient (Wildman–Crippen LogP) is 1.23. The first-order chi connectivity index (χ1) is 5.77. The van der Waals surface area contributed by atoms with Crippen LogP contribution in [0.25, 0.3) is 0 Å². The van der Waals surface area contributed by atoms with Crippen LogP contribution in [0.2, 0.25) is 0 Å². The molecule has 0 rings (SSSR count). The molecule has 2 N–H and O–H groups in total. The second kappa shape index (κ2) is 8.22. The van der Waals surface area contributed by atoms with Crippen molar-refractivity contribution in [2.45, 2.75) is 26.7 Å². The molecule has 5 heteroatoms. The van der Waals surface area contributed by atoms with Gasteiger partial charge in [0.2, 0.25) is 0 Å². The molecule has 0 saturated carbocycles. The monoisotopic (exact) mass is 210 g/mol. The molecular formula is C8H18O4S. The number of aliphatic hydroxyl groups is 1. The first-order valence-corrected chi connectivity index (χ1v) is 5.79. The number of hydrogen-bond donors (Lipinski definition) is 2. The van der Waals surface area contributed by atoms with Crippen LogP contribution in [-0.2, 0) is 10.1 Å². The standard InChI is InChI=1S/C7H14O.CH4O3S/c1-7(2)5-3-4-6-8;1-5(2,3)4/h5,8H,3-4,6H2,1-2H3;1H3,(H,2,3,4). The molecule has 0 unspecified atom stereocenters. The molecule has 0 bridgehead atoms. The highest BCUT2D eigenvalue weighted by Gasteiger charge is 1.81. The van der Waals surface area contributed by atoms with E-state index in [-0.39, 0.29) is 0 Å². The van der Waals surface area contributed by atoms with Crippen molar-refractivity contribution >= 4 is 10.1 Å². The van der Waals surface area contributed by atoms with Gasteiger partial charge in [-0.2, -0.15) is 8.42 Å². The van der Waals surface area contributed by atoms with E-state index >= 15 is 0 Å². The summed E-state index contributed by atoms with van der Waals surface area (Å²) in [4.78, 5) is 0. The van der Waals surface area contributed by atoms with Crippen LogP contribution in [0, 0.1) is 0 Å². The minimum absolute atomic E-state index is 0.309. The summed E-state index contributed by atoms with van der Waals surface area (Å²) in [5.74, 6) is 0. The van der Waals surface area contributed by atoms with E-state index in [0.29, 0.717) is 12.9 Å². The normalized spacial score (nSPS) is 9.92. The summed E-state index contributed by atoms with van der Waals surface area (Å²) in [6.07, 6.45) is 4.76. The third-order valence-electron chi connectivity index (χ3n) is 0.915. The van der Waals surface area contributed by atoms with Crippen molar-refractivity contribution < 1.29 is 18.1 Å². The van der Waals surface area contributed by atoms with Crippen LogP contribution in [0.4, 0.5) is 0 Å². The van der Waals surface area contributed by atoms with Crippen LogP contribution in [0.15, 0.2) is 11.6 Å². The van der Waals surface area contributed by atoms with Crippen LogP contribution in [-0.4, -0.2) is 30.9 Å². The van der Waals surface area contributed by atoms with Crippen molar-refractivity contribution in [3.8, 4) is 0 Å². The lowest BCUT2D eigenvalue weighted by Gasteiger charge is -1.88. The Morgan fingerprint density at radius 2 is 1.77 bits per heavy atom. The number of unbranched alkanes of at least 4 members (excludes halogenated alkanes) is 1. The van der Waals surface area contributed by atoms with Gasteiger partial charge in [-0.1, -0.05) is 11.6 Å². The fraction of sp³-hybridized carbons (Fsp3) is 0.750. The summed E-state index contributed by atoms with van der Waals surface area (Å²) >= 11 is 0. The first-order valence-electron chi connectivity index (χ1n) is 3.94. The van der Waals surface area contributed by atoms with Crippen molar-refractivity contribution in [2.75, 3.05) is 12.9 Å². The average Bonchev–Trinajstić information content (AvgIpc) is 1.83. The molecule has 0 heterocycles.